The molecular weight excluding hydrogens is 306 g/mol. The lowest BCUT2D eigenvalue weighted by atomic mass is 9.94. The Hall–Kier alpha value is -2.89. The lowest BCUT2D eigenvalue weighted by molar-refractivity contribution is 0.0659. The van der Waals surface area contributed by atoms with Gasteiger partial charge in [0.15, 0.2) is 0 Å². The first kappa shape index (κ1) is 14.7. The van der Waals surface area contributed by atoms with Crippen LogP contribution in [0.5, 0.6) is 0 Å². The van der Waals surface area contributed by atoms with Gasteiger partial charge in [-0.3, -0.25) is 9.67 Å². The van der Waals surface area contributed by atoms with Crippen LogP contribution in [0, 0.1) is 13.8 Å². The number of fused-ring (bicyclic) bond motifs is 3. The van der Waals surface area contributed by atoms with Gasteiger partial charge in [0.2, 0.25) is 5.76 Å². The Labute approximate surface area is 138 Å². The molecule has 6 nitrogen and oxygen atoms in total. The largest absolute Gasteiger partial charge is 0.475 e. The molecule has 3 aromatic rings. The maximum absolute atomic E-state index is 11.3. The van der Waals surface area contributed by atoms with Crippen LogP contribution in [-0.4, -0.2) is 25.8 Å². The normalized spacial score (nSPS) is 12.8. The quantitative estimate of drug-likeness (QED) is 0.801. The number of aromatic carboxylic acids is 1. The summed E-state index contributed by atoms with van der Waals surface area (Å²) in [6, 6.07) is 4.02. The average molecular weight is 323 g/mol. The number of rotatable bonds is 3. The Morgan fingerprint density at radius 3 is 2.88 bits per heavy atom. The van der Waals surface area contributed by atoms with Crippen molar-refractivity contribution in [2.45, 2.75) is 33.2 Å². The van der Waals surface area contributed by atoms with Gasteiger partial charge in [-0.25, -0.2) is 4.79 Å². The molecule has 0 fully saturated rings. The highest BCUT2D eigenvalue weighted by Gasteiger charge is 2.29. The fourth-order valence-electron chi connectivity index (χ4n) is 3.21. The standard InChI is InChI=1S/C18H17N3O3/c1-10-3-5-13(19-7-10)9-21-8-12-4-6-14-15(16(12)20-21)11(2)17(24-14)18(22)23/h3,5,7-8H,4,6,9H2,1-2H3,(H,22,23). The molecule has 122 valence electrons. The van der Waals surface area contributed by atoms with Gasteiger partial charge in [-0.1, -0.05) is 6.07 Å². The summed E-state index contributed by atoms with van der Waals surface area (Å²) in [5.74, 6) is -0.301. The van der Waals surface area contributed by atoms with E-state index in [2.05, 4.69) is 10.1 Å². The van der Waals surface area contributed by atoms with E-state index in [1.165, 1.54) is 0 Å². The Morgan fingerprint density at radius 1 is 1.33 bits per heavy atom. The molecule has 3 aromatic heterocycles. The summed E-state index contributed by atoms with van der Waals surface area (Å²) in [5.41, 5.74) is 5.50. The van der Waals surface area contributed by atoms with Crippen LogP contribution in [0.25, 0.3) is 11.3 Å². The molecule has 1 aliphatic rings. The van der Waals surface area contributed by atoms with Crippen LogP contribution in [0.15, 0.2) is 28.9 Å². The summed E-state index contributed by atoms with van der Waals surface area (Å²) >= 11 is 0. The van der Waals surface area contributed by atoms with Crippen molar-refractivity contribution >= 4 is 5.97 Å². The minimum absolute atomic E-state index is 0.0163. The van der Waals surface area contributed by atoms with Gasteiger partial charge in [0, 0.05) is 29.9 Å². The molecule has 24 heavy (non-hydrogen) atoms. The van der Waals surface area contributed by atoms with Crippen molar-refractivity contribution in [3.8, 4) is 11.3 Å². The molecule has 6 heteroatoms. The molecule has 0 radical (unpaired) electrons. The van der Waals surface area contributed by atoms with Crippen LogP contribution < -0.4 is 0 Å². The van der Waals surface area contributed by atoms with Crippen molar-refractivity contribution in [1.82, 2.24) is 14.8 Å². The number of hydrogen-bond acceptors (Lipinski definition) is 4. The predicted molar refractivity (Wildman–Crippen MR) is 87.1 cm³/mol. The second kappa shape index (κ2) is 5.33. The number of aryl methyl sites for hydroxylation is 3. The average Bonchev–Trinajstić information content (AvgIpc) is 3.10. The Morgan fingerprint density at radius 2 is 2.17 bits per heavy atom. The molecule has 0 bridgehead atoms. The van der Waals surface area contributed by atoms with Gasteiger partial charge in [-0.05, 0) is 37.5 Å². The third-order valence-corrected chi connectivity index (χ3v) is 4.41. The molecule has 1 aliphatic carbocycles. The van der Waals surface area contributed by atoms with E-state index in [0.29, 0.717) is 18.5 Å². The van der Waals surface area contributed by atoms with E-state index in [-0.39, 0.29) is 5.76 Å². The van der Waals surface area contributed by atoms with Crippen molar-refractivity contribution in [3.63, 3.8) is 0 Å². The summed E-state index contributed by atoms with van der Waals surface area (Å²) in [6.45, 7) is 4.37. The molecule has 4 rings (SSSR count). The van der Waals surface area contributed by atoms with Gasteiger partial charge in [-0.2, -0.15) is 5.10 Å². The fraction of sp³-hybridized carbons (Fsp3) is 0.278. The highest BCUT2D eigenvalue weighted by molar-refractivity contribution is 5.90. The molecule has 1 N–H and O–H groups in total. The lowest BCUT2D eigenvalue weighted by Gasteiger charge is -2.09. The molecule has 0 amide bonds. The van der Waals surface area contributed by atoms with Crippen LogP contribution in [0.4, 0.5) is 0 Å². The van der Waals surface area contributed by atoms with Crippen LogP contribution in [0.1, 0.15) is 38.7 Å². The number of carboxylic acid groups (broad SMARTS) is 1. The molecule has 0 aromatic carbocycles. The summed E-state index contributed by atoms with van der Waals surface area (Å²) in [4.78, 5) is 15.7. The lowest BCUT2D eigenvalue weighted by Crippen LogP contribution is -2.03. The summed E-state index contributed by atoms with van der Waals surface area (Å²) in [6.07, 6.45) is 5.36. The first-order valence-corrected chi connectivity index (χ1v) is 7.86. The Kier molecular flexibility index (Phi) is 3.26. The monoisotopic (exact) mass is 323 g/mol. The van der Waals surface area contributed by atoms with Crippen molar-refractivity contribution in [2.24, 2.45) is 0 Å². The van der Waals surface area contributed by atoms with Gasteiger partial charge >= 0.3 is 5.97 Å². The van der Waals surface area contributed by atoms with Crippen LogP contribution in [0.3, 0.4) is 0 Å². The van der Waals surface area contributed by atoms with Gasteiger partial charge in [0.25, 0.3) is 0 Å². The van der Waals surface area contributed by atoms with E-state index in [1.54, 1.807) is 6.92 Å². The Bertz CT molecular complexity index is 935. The number of aromatic nitrogens is 3. The maximum atomic E-state index is 11.3. The van der Waals surface area contributed by atoms with E-state index in [0.717, 1.165) is 40.3 Å². The molecule has 0 aliphatic heterocycles. The van der Waals surface area contributed by atoms with Gasteiger partial charge in [0.05, 0.1) is 17.9 Å². The predicted octanol–water partition coefficient (Wildman–Crippen LogP) is 3.00. The number of furan rings is 1. The zero-order chi connectivity index (χ0) is 16.8. The van der Waals surface area contributed by atoms with Gasteiger partial charge < -0.3 is 9.52 Å². The number of carboxylic acids is 1. The molecule has 0 saturated carbocycles. The third-order valence-electron chi connectivity index (χ3n) is 4.41. The first-order chi connectivity index (χ1) is 11.5. The second-order valence-electron chi connectivity index (χ2n) is 6.19. The molecule has 3 heterocycles. The number of carbonyl (C=O) groups is 1. The van der Waals surface area contributed by atoms with Crippen molar-refractivity contribution in [2.75, 3.05) is 0 Å². The second-order valence-corrected chi connectivity index (χ2v) is 6.19. The smallest absolute Gasteiger partial charge is 0.372 e. The maximum Gasteiger partial charge on any atom is 0.372 e. The molecule has 0 unspecified atom stereocenters. The zero-order valence-electron chi connectivity index (χ0n) is 13.5. The van der Waals surface area contributed by atoms with E-state index in [4.69, 9.17) is 4.42 Å². The van der Waals surface area contributed by atoms with Crippen LogP contribution in [0.2, 0.25) is 0 Å². The van der Waals surface area contributed by atoms with Crippen molar-refractivity contribution < 1.29 is 14.3 Å². The molecule has 0 saturated heterocycles. The SMILES string of the molecule is Cc1ccc(Cn2cc3c(n2)-c2c(oc(C(=O)O)c2C)CC3)nc1. The van der Waals surface area contributed by atoms with Crippen LogP contribution in [-0.2, 0) is 19.4 Å². The minimum atomic E-state index is -1.04. The number of hydrogen-bond donors (Lipinski definition) is 1. The summed E-state index contributed by atoms with van der Waals surface area (Å²) in [7, 11) is 0. The highest BCUT2D eigenvalue weighted by atomic mass is 16.4. The number of pyridine rings is 1. The molecule has 0 spiro atoms. The third kappa shape index (κ3) is 2.31. The topological polar surface area (TPSA) is 81.2 Å². The molecular formula is C18H17N3O3. The minimum Gasteiger partial charge on any atom is -0.475 e. The summed E-state index contributed by atoms with van der Waals surface area (Å²) in [5, 5.41) is 13.9. The van der Waals surface area contributed by atoms with E-state index in [1.807, 2.05) is 36.1 Å². The fourth-order valence-corrected chi connectivity index (χ4v) is 3.21. The zero-order valence-corrected chi connectivity index (χ0v) is 13.5. The Balaban J connectivity index is 1.72. The van der Waals surface area contributed by atoms with Crippen molar-refractivity contribution in [1.29, 1.82) is 0 Å². The van der Waals surface area contributed by atoms with Crippen LogP contribution >= 0.6 is 0 Å². The van der Waals surface area contributed by atoms with Crippen molar-refractivity contribution in [3.05, 3.63) is 58.4 Å². The highest BCUT2D eigenvalue weighted by Crippen LogP contribution is 2.38. The van der Waals surface area contributed by atoms with E-state index < -0.39 is 5.97 Å². The summed E-state index contributed by atoms with van der Waals surface area (Å²) < 4.78 is 7.40. The van der Waals surface area contributed by atoms with E-state index >= 15 is 0 Å². The number of nitrogens with zero attached hydrogens (tertiary/aromatic N) is 3. The van der Waals surface area contributed by atoms with Gasteiger partial charge in [-0.15, -0.1) is 0 Å². The van der Waals surface area contributed by atoms with E-state index in [9.17, 15) is 9.90 Å². The first-order valence-electron chi connectivity index (χ1n) is 7.86. The molecule has 0 atom stereocenters. The van der Waals surface area contributed by atoms with Gasteiger partial charge in [0.1, 0.15) is 5.76 Å².